The van der Waals surface area contributed by atoms with E-state index in [2.05, 4.69) is 20.9 Å². The lowest BCUT2D eigenvalue weighted by Gasteiger charge is -1.89. The maximum Gasteiger partial charge on any atom is 0.145 e. The first-order valence-corrected chi connectivity index (χ1v) is 3.20. The maximum atomic E-state index is 4.62. The number of aromatic nitrogens is 2. The third-order valence-electron chi connectivity index (χ3n) is 1.33. The highest BCUT2D eigenvalue weighted by Crippen LogP contribution is 2.12. The van der Waals surface area contributed by atoms with Crippen LogP contribution in [0.3, 0.4) is 0 Å². The van der Waals surface area contributed by atoms with Crippen LogP contribution in [0.1, 0.15) is 0 Å². The summed E-state index contributed by atoms with van der Waals surface area (Å²) >= 11 is 0. The molecule has 2 aromatic rings. The predicted molar refractivity (Wildman–Crippen MR) is 38.6 cm³/mol. The Morgan fingerprint density at radius 2 is 2.36 bits per heavy atom. The monoisotopic (exact) mass is 145 g/mol. The molecule has 0 spiro atoms. The molecule has 0 saturated heterocycles. The van der Waals surface area contributed by atoms with E-state index in [-0.39, 0.29) is 0 Å². The van der Waals surface area contributed by atoms with Crippen molar-refractivity contribution < 1.29 is 4.52 Å². The van der Waals surface area contributed by atoms with Crippen LogP contribution >= 0.6 is 0 Å². The summed E-state index contributed by atoms with van der Waals surface area (Å²) in [6.45, 7) is 0. The summed E-state index contributed by atoms with van der Waals surface area (Å²) in [6.07, 6.45) is 5.91. The second kappa shape index (κ2) is 2.54. The van der Waals surface area contributed by atoms with E-state index in [1.165, 1.54) is 6.26 Å². The van der Waals surface area contributed by atoms with Gasteiger partial charge < -0.3 is 4.52 Å². The molecule has 0 aliphatic rings. The zero-order valence-corrected chi connectivity index (χ0v) is 5.69. The summed E-state index contributed by atoms with van der Waals surface area (Å²) in [7, 11) is 0. The van der Waals surface area contributed by atoms with E-state index < -0.39 is 0 Å². The summed E-state index contributed by atoms with van der Waals surface area (Å²) in [6, 6.07) is 5.64. The Morgan fingerprint density at radius 3 is 3.00 bits per heavy atom. The fourth-order valence-electron chi connectivity index (χ4n) is 0.821. The molecule has 0 N–H and O–H groups in total. The Hall–Kier alpha value is -1.64. The van der Waals surface area contributed by atoms with Crippen molar-refractivity contribution in [2.45, 2.75) is 0 Å². The Labute approximate surface area is 63.7 Å². The minimum Gasteiger partial charge on any atom is -0.363 e. The lowest BCUT2D eigenvalue weighted by Crippen LogP contribution is -1.77. The Morgan fingerprint density at radius 1 is 1.36 bits per heavy atom. The van der Waals surface area contributed by atoms with Gasteiger partial charge in [-0.25, -0.2) is 0 Å². The molecule has 11 heavy (non-hydrogen) atoms. The number of pyridine rings is 1. The third-order valence-corrected chi connectivity index (χ3v) is 1.33. The van der Waals surface area contributed by atoms with Crippen LogP contribution < -0.4 is 0 Å². The fraction of sp³-hybridized carbons (Fsp3) is 0. The van der Waals surface area contributed by atoms with Crippen molar-refractivity contribution in [3.8, 4) is 11.3 Å². The van der Waals surface area contributed by atoms with Crippen LogP contribution in [0.25, 0.3) is 11.3 Å². The van der Waals surface area contributed by atoms with Crippen LogP contribution in [-0.4, -0.2) is 10.1 Å². The number of nitrogens with zero attached hydrogens (tertiary/aromatic N) is 2. The summed E-state index contributed by atoms with van der Waals surface area (Å²) in [4.78, 5) is 4.09. The van der Waals surface area contributed by atoms with Gasteiger partial charge in [0.25, 0.3) is 0 Å². The molecule has 2 rings (SSSR count). The molecule has 53 valence electrons. The highest BCUT2D eigenvalue weighted by Gasteiger charge is 1.98. The van der Waals surface area contributed by atoms with Crippen molar-refractivity contribution in [3.05, 3.63) is 36.9 Å². The van der Waals surface area contributed by atoms with Gasteiger partial charge in [-0.2, -0.15) is 0 Å². The van der Waals surface area contributed by atoms with Crippen LogP contribution in [0.4, 0.5) is 0 Å². The average Bonchev–Trinajstić information content (AvgIpc) is 2.58. The van der Waals surface area contributed by atoms with Gasteiger partial charge in [-0.15, -0.1) is 0 Å². The molecule has 0 unspecified atom stereocenters. The van der Waals surface area contributed by atoms with Crippen LogP contribution in [0.2, 0.25) is 0 Å². The molecule has 0 atom stereocenters. The molecule has 0 aliphatic heterocycles. The molecule has 0 saturated carbocycles. The summed E-state index contributed by atoms with van der Waals surface area (Å²) < 4.78 is 4.62. The van der Waals surface area contributed by atoms with Gasteiger partial charge in [0.15, 0.2) is 0 Å². The van der Waals surface area contributed by atoms with Gasteiger partial charge in [0.1, 0.15) is 12.5 Å². The Bertz CT molecular complexity index is 315. The van der Waals surface area contributed by atoms with Crippen LogP contribution in [-0.2, 0) is 0 Å². The van der Waals surface area contributed by atoms with Crippen LogP contribution in [0.5, 0.6) is 0 Å². The van der Waals surface area contributed by atoms with Crippen molar-refractivity contribution in [1.82, 2.24) is 10.1 Å². The first-order chi connectivity index (χ1) is 5.47. The van der Waals surface area contributed by atoms with E-state index in [0.29, 0.717) is 0 Å². The number of hydrogen-bond donors (Lipinski definition) is 0. The molecular formula is C8H5N2O. The lowest BCUT2D eigenvalue weighted by molar-refractivity contribution is 0.418. The lowest BCUT2D eigenvalue weighted by atomic mass is 10.2. The van der Waals surface area contributed by atoms with E-state index in [1.807, 2.05) is 18.2 Å². The van der Waals surface area contributed by atoms with Crippen LogP contribution in [0, 0.1) is 6.20 Å². The van der Waals surface area contributed by atoms with Gasteiger partial charge in [0, 0.05) is 6.20 Å². The van der Waals surface area contributed by atoms with Gasteiger partial charge in [-0.1, -0.05) is 11.2 Å². The minimum absolute atomic E-state index is 0.783. The predicted octanol–water partition coefficient (Wildman–Crippen LogP) is 1.54. The molecule has 0 aromatic carbocycles. The standard InChI is InChI=1S/C8H5N2O/c1-2-4-9-8(3-1)7-5-10-11-6-7/h1-4,6H. The van der Waals surface area contributed by atoms with E-state index in [0.717, 1.165) is 11.3 Å². The van der Waals surface area contributed by atoms with Gasteiger partial charge in [-0.3, -0.25) is 4.98 Å². The highest BCUT2D eigenvalue weighted by atomic mass is 16.5. The molecule has 2 aromatic heterocycles. The van der Waals surface area contributed by atoms with Crippen molar-refractivity contribution >= 4 is 0 Å². The van der Waals surface area contributed by atoms with Gasteiger partial charge >= 0.3 is 0 Å². The normalized spacial score (nSPS) is 9.82. The number of hydrogen-bond acceptors (Lipinski definition) is 3. The molecule has 0 amide bonds. The summed E-state index contributed by atoms with van der Waals surface area (Å²) in [5.74, 6) is 0. The zero-order valence-electron chi connectivity index (χ0n) is 5.69. The maximum absolute atomic E-state index is 4.62. The van der Waals surface area contributed by atoms with E-state index in [9.17, 15) is 0 Å². The number of rotatable bonds is 1. The zero-order chi connectivity index (χ0) is 7.52. The molecule has 3 nitrogen and oxygen atoms in total. The molecule has 2 heterocycles. The van der Waals surface area contributed by atoms with E-state index >= 15 is 0 Å². The van der Waals surface area contributed by atoms with Crippen molar-refractivity contribution in [3.63, 3.8) is 0 Å². The van der Waals surface area contributed by atoms with Gasteiger partial charge in [-0.05, 0) is 12.1 Å². The fourth-order valence-corrected chi connectivity index (χ4v) is 0.821. The average molecular weight is 145 g/mol. The second-order valence-corrected chi connectivity index (χ2v) is 2.06. The molecule has 0 bridgehead atoms. The van der Waals surface area contributed by atoms with Gasteiger partial charge in [0.05, 0.1) is 11.3 Å². The summed E-state index contributed by atoms with van der Waals surface area (Å²) in [5, 5.41) is 3.46. The smallest absolute Gasteiger partial charge is 0.145 e. The molecule has 1 radical (unpaired) electrons. The summed E-state index contributed by atoms with van der Waals surface area (Å²) in [5.41, 5.74) is 1.61. The first kappa shape index (κ1) is 6.09. The topological polar surface area (TPSA) is 38.9 Å². The largest absolute Gasteiger partial charge is 0.363 e. The van der Waals surface area contributed by atoms with Crippen molar-refractivity contribution in [2.75, 3.05) is 0 Å². The highest BCUT2D eigenvalue weighted by molar-refractivity contribution is 5.54. The van der Waals surface area contributed by atoms with Crippen LogP contribution in [0.15, 0.2) is 35.2 Å². The Kier molecular flexibility index (Phi) is 1.41. The van der Waals surface area contributed by atoms with E-state index in [1.54, 1.807) is 6.20 Å². The van der Waals surface area contributed by atoms with E-state index in [4.69, 9.17) is 0 Å². The SMILES string of the molecule is [c]1nocc1-c1ccccn1. The molecular weight excluding hydrogens is 140 g/mol. The minimum atomic E-state index is 0.783. The first-order valence-electron chi connectivity index (χ1n) is 3.20. The molecule has 0 fully saturated rings. The molecule has 0 aliphatic carbocycles. The third kappa shape index (κ3) is 1.12. The van der Waals surface area contributed by atoms with Crippen molar-refractivity contribution in [1.29, 1.82) is 0 Å². The quantitative estimate of drug-likeness (QED) is 0.610. The van der Waals surface area contributed by atoms with Crippen molar-refractivity contribution in [2.24, 2.45) is 0 Å². The van der Waals surface area contributed by atoms with Gasteiger partial charge in [0.2, 0.25) is 0 Å². The Balaban J connectivity index is 2.46. The second-order valence-electron chi connectivity index (χ2n) is 2.06. The molecule has 3 heteroatoms.